The lowest BCUT2D eigenvalue weighted by Gasteiger charge is -2.35. The minimum absolute atomic E-state index is 0.0388. The summed E-state index contributed by atoms with van der Waals surface area (Å²) in [5, 5.41) is 8.97. The molecule has 1 heterocycles. The van der Waals surface area contributed by atoms with Gasteiger partial charge in [-0.05, 0) is 31.5 Å². The van der Waals surface area contributed by atoms with E-state index in [-0.39, 0.29) is 18.5 Å². The van der Waals surface area contributed by atoms with Crippen molar-refractivity contribution in [2.75, 3.05) is 31.1 Å². The highest BCUT2D eigenvalue weighted by molar-refractivity contribution is 5.95. The molecule has 0 bridgehead atoms. The summed E-state index contributed by atoms with van der Waals surface area (Å²) in [6.07, 6.45) is 3.33. The van der Waals surface area contributed by atoms with Gasteiger partial charge in [0.15, 0.2) is 0 Å². The third-order valence-electron chi connectivity index (χ3n) is 3.96. The number of nitrogens with two attached hydrogens (primary N) is 1. The summed E-state index contributed by atoms with van der Waals surface area (Å²) in [7, 11) is 0. The molecule has 1 unspecified atom stereocenters. The molecule has 0 aromatic heterocycles. The minimum atomic E-state index is -0.0388. The molecule has 112 valence electrons. The van der Waals surface area contributed by atoms with Gasteiger partial charge in [-0.1, -0.05) is 24.6 Å². The standard InChI is InChI=1S/C16H22N4O/c17-9-11-20(14-6-2-1-3-7-14)16(21)13-19-10-5-4-8-15(19)12-18/h1-3,6-7,15H,4-5,8,10-13,18H2. The number of para-hydroxylation sites is 1. The average Bonchev–Trinajstić information content (AvgIpc) is 2.53. The van der Waals surface area contributed by atoms with Gasteiger partial charge in [0.1, 0.15) is 6.54 Å². The number of benzene rings is 1. The molecule has 1 amide bonds. The van der Waals surface area contributed by atoms with Gasteiger partial charge in [-0.2, -0.15) is 5.26 Å². The van der Waals surface area contributed by atoms with Crippen LogP contribution in [0.3, 0.4) is 0 Å². The molecule has 0 aliphatic carbocycles. The molecule has 0 saturated carbocycles. The lowest BCUT2D eigenvalue weighted by molar-refractivity contribution is -0.120. The fraction of sp³-hybridized carbons (Fsp3) is 0.500. The number of nitriles is 1. The second-order valence-corrected chi connectivity index (χ2v) is 5.33. The van der Waals surface area contributed by atoms with Gasteiger partial charge in [-0.3, -0.25) is 14.6 Å². The summed E-state index contributed by atoms with van der Waals surface area (Å²) in [6, 6.07) is 11.7. The second kappa shape index (κ2) is 7.77. The molecular formula is C16H22N4O. The summed E-state index contributed by atoms with van der Waals surface area (Å²) < 4.78 is 0. The molecule has 1 aromatic rings. The Kier molecular flexibility index (Phi) is 5.73. The zero-order valence-electron chi connectivity index (χ0n) is 12.2. The molecule has 1 fully saturated rings. The Morgan fingerprint density at radius 2 is 2.14 bits per heavy atom. The van der Waals surface area contributed by atoms with Crippen molar-refractivity contribution in [2.45, 2.75) is 25.3 Å². The van der Waals surface area contributed by atoms with Crippen molar-refractivity contribution in [1.29, 1.82) is 5.26 Å². The van der Waals surface area contributed by atoms with Crippen molar-refractivity contribution in [3.63, 3.8) is 0 Å². The topological polar surface area (TPSA) is 73.4 Å². The molecule has 2 rings (SSSR count). The van der Waals surface area contributed by atoms with Crippen LogP contribution in [-0.4, -0.2) is 43.0 Å². The molecule has 0 spiro atoms. The largest absolute Gasteiger partial charge is 0.329 e. The molecule has 5 heteroatoms. The average molecular weight is 286 g/mol. The van der Waals surface area contributed by atoms with E-state index in [1.165, 1.54) is 6.42 Å². The van der Waals surface area contributed by atoms with Crippen molar-refractivity contribution < 1.29 is 4.79 Å². The van der Waals surface area contributed by atoms with Crippen LogP contribution in [0, 0.1) is 11.3 Å². The van der Waals surface area contributed by atoms with Crippen molar-refractivity contribution in [1.82, 2.24) is 4.90 Å². The second-order valence-electron chi connectivity index (χ2n) is 5.33. The number of rotatable bonds is 5. The van der Waals surface area contributed by atoms with E-state index < -0.39 is 0 Å². The molecule has 1 atom stereocenters. The molecule has 1 aliphatic heterocycles. The van der Waals surface area contributed by atoms with Gasteiger partial charge in [-0.15, -0.1) is 0 Å². The highest BCUT2D eigenvalue weighted by Crippen LogP contribution is 2.18. The number of hydrogen-bond acceptors (Lipinski definition) is 4. The van der Waals surface area contributed by atoms with Crippen LogP contribution in [0.1, 0.15) is 19.3 Å². The first kappa shape index (κ1) is 15.5. The van der Waals surface area contributed by atoms with Gasteiger partial charge in [0, 0.05) is 18.3 Å². The van der Waals surface area contributed by atoms with Crippen molar-refractivity contribution >= 4 is 11.6 Å². The smallest absolute Gasteiger partial charge is 0.242 e. The van der Waals surface area contributed by atoms with E-state index in [0.29, 0.717) is 13.1 Å². The van der Waals surface area contributed by atoms with Crippen LogP contribution in [0.4, 0.5) is 5.69 Å². The van der Waals surface area contributed by atoms with Gasteiger partial charge in [-0.25, -0.2) is 0 Å². The maximum atomic E-state index is 12.6. The Balaban J connectivity index is 2.07. The van der Waals surface area contributed by atoms with E-state index in [1.807, 2.05) is 30.3 Å². The number of hydrogen-bond donors (Lipinski definition) is 1. The van der Waals surface area contributed by atoms with Crippen LogP contribution in [-0.2, 0) is 4.79 Å². The Morgan fingerprint density at radius 3 is 2.81 bits per heavy atom. The third-order valence-corrected chi connectivity index (χ3v) is 3.96. The number of carbonyl (C=O) groups is 1. The van der Waals surface area contributed by atoms with Crippen LogP contribution in [0.15, 0.2) is 30.3 Å². The van der Waals surface area contributed by atoms with E-state index in [0.717, 1.165) is 25.1 Å². The Morgan fingerprint density at radius 1 is 1.38 bits per heavy atom. The monoisotopic (exact) mass is 286 g/mol. The maximum Gasteiger partial charge on any atom is 0.242 e. The minimum Gasteiger partial charge on any atom is -0.329 e. The fourth-order valence-electron chi connectivity index (χ4n) is 2.80. The van der Waals surface area contributed by atoms with Gasteiger partial charge in [0.25, 0.3) is 0 Å². The number of piperidine rings is 1. The quantitative estimate of drug-likeness (QED) is 0.829. The molecule has 2 N–H and O–H groups in total. The van der Waals surface area contributed by atoms with Crippen LogP contribution in [0.25, 0.3) is 0 Å². The van der Waals surface area contributed by atoms with E-state index in [1.54, 1.807) is 4.90 Å². The van der Waals surface area contributed by atoms with Crippen LogP contribution in [0.5, 0.6) is 0 Å². The van der Waals surface area contributed by atoms with Gasteiger partial charge < -0.3 is 5.73 Å². The number of carbonyl (C=O) groups excluding carboxylic acids is 1. The van der Waals surface area contributed by atoms with Gasteiger partial charge in [0.2, 0.25) is 5.91 Å². The van der Waals surface area contributed by atoms with Crippen molar-refractivity contribution in [2.24, 2.45) is 5.73 Å². The lowest BCUT2D eigenvalue weighted by atomic mass is 10.0. The summed E-state index contributed by atoms with van der Waals surface area (Å²) >= 11 is 0. The molecule has 5 nitrogen and oxygen atoms in total. The zero-order chi connectivity index (χ0) is 15.1. The predicted octanol–water partition coefficient (Wildman–Crippen LogP) is 1.36. The van der Waals surface area contributed by atoms with Crippen LogP contribution < -0.4 is 10.6 Å². The molecule has 1 aliphatic rings. The summed E-state index contributed by atoms with van der Waals surface area (Å²) in [6.45, 7) is 1.89. The number of nitrogens with zero attached hydrogens (tertiary/aromatic N) is 3. The molecule has 1 aromatic carbocycles. The summed E-state index contributed by atoms with van der Waals surface area (Å²) in [4.78, 5) is 16.3. The highest BCUT2D eigenvalue weighted by Gasteiger charge is 2.25. The number of amides is 1. The Hall–Kier alpha value is -1.90. The summed E-state index contributed by atoms with van der Waals surface area (Å²) in [5.74, 6) is -0.0388. The number of likely N-dealkylation sites (tertiary alicyclic amines) is 1. The molecule has 0 radical (unpaired) electrons. The Bertz CT molecular complexity index is 497. The first-order valence-corrected chi connectivity index (χ1v) is 7.42. The van der Waals surface area contributed by atoms with E-state index in [2.05, 4.69) is 11.0 Å². The first-order valence-electron chi connectivity index (χ1n) is 7.42. The van der Waals surface area contributed by atoms with Crippen LogP contribution >= 0.6 is 0 Å². The van der Waals surface area contributed by atoms with Crippen molar-refractivity contribution in [3.8, 4) is 6.07 Å². The highest BCUT2D eigenvalue weighted by atomic mass is 16.2. The molecular weight excluding hydrogens is 264 g/mol. The fourth-order valence-corrected chi connectivity index (χ4v) is 2.80. The molecule has 1 saturated heterocycles. The van der Waals surface area contributed by atoms with Gasteiger partial charge in [0.05, 0.1) is 12.6 Å². The van der Waals surface area contributed by atoms with Gasteiger partial charge >= 0.3 is 0 Å². The summed E-state index contributed by atoms with van der Waals surface area (Å²) in [5.41, 5.74) is 6.57. The maximum absolute atomic E-state index is 12.6. The number of anilines is 1. The third kappa shape index (κ3) is 4.03. The van der Waals surface area contributed by atoms with E-state index >= 15 is 0 Å². The molecule has 21 heavy (non-hydrogen) atoms. The normalized spacial score (nSPS) is 19.0. The lowest BCUT2D eigenvalue weighted by Crippen LogP contribution is -2.49. The Labute approximate surface area is 125 Å². The van der Waals surface area contributed by atoms with E-state index in [9.17, 15) is 4.79 Å². The van der Waals surface area contributed by atoms with E-state index in [4.69, 9.17) is 11.0 Å². The predicted molar refractivity (Wildman–Crippen MR) is 82.7 cm³/mol. The zero-order valence-corrected chi connectivity index (χ0v) is 12.2. The van der Waals surface area contributed by atoms with Crippen LogP contribution in [0.2, 0.25) is 0 Å². The first-order chi connectivity index (χ1) is 10.3. The SMILES string of the molecule is N#CCN(C(=O)CN1CCCCC1CN)c1ccccc1. The van der Waals surface area contributed by atoms with Crippen molar-refractivity contribution in [3.05, 3.63) is 30.3 Å².